The first-order valence-electron chi connectivity index (χ1n) is 9.71. The Hall–Kier alpha value is -1.80. The molecule has 0 fully saturated rings. The van der Waals surface area contributed by atoms with Crippen LogP contribution in [0, 0.1) is 5.92 Å². The first-order chi connectivity index (χ1) is 12.1. The second-order valence-corrected chi connectivity index (χ2v) is 6.22. The summed E-state index contributed by atoms with van der Waals surface area (Å²) in [7, 11) is 0. The molecular weight excluding hydrogens is 316 g/mol. The van der Waals surface area contributed by atoms with Crippen LogP contribution in [0.4, 0.5) is 5.69 Å². The zero-order valence-electron chi connectivity index (χ0n) is 16.8. The van der Waals surface area contributed by atoms with Crippen molar-refractivity contribution >= 4 is 5.69 Å². The summed E-state index contributed by atoms with van der Waals surface area (Å²) in [5.41, 5.74) is 14.9. The van der Waals surface area contributed by atoms with Gasteiger partial charge in [-0.3, -0.25) is 0 Å². The molecule has 0 spiro atoms. The van der Waals surface area contributed by atoms with Gasteiger partial charge in [-0.1, -0.05) is 90.9 Å². The van der Waals surface area contributed by atoms with Crippen molar-refractivity contribution in [2.45, 2.75) is 73.8 Å². The summed E-state index contributed by atoms with van der Waals surface area (Å²) >= 11 is 0. The molecular formula is C24H42N2. The van der Waals surface area contributed by atoms with E-state index in [9.17, 15) is 0 Å². The number of hydrogen-bond donors (Lipinski definition) is 2. The molecule has 0 bridgehead atoms. The smallest absolute Gasteiger partial charge is 0.0314 e. The number of benzene rings is 2. The van der Waals surface area contributed by atoms with Gasteiger partial charge in [-0.25, -0.2) is 0 Å². The Morgan fingerprint density at radius 3 is 1.85 bits per heavy atom. The Morgan fingerprint density at radius 2 is 1.38 bits per heavy atom. The number of anilines is 1. The quantitative estimate of drug-likeness (QED) is 0.546. The maximum Gasteiger partial charge on any atom is 0.0314 e. The largest absolute Gasteiger partial charge is 0.399 e. The standard InChI is InChI=1S/C12H19N.C9H13N.C2H6.CH4/c1-3-10(2)4-5-11-6-8-12(13)9-7-11;1-2-9(10)8-6-4-3-5-7-8;1-2;/h6-10H,3-5,13H2,1-2H3;3-7,9H,2,10H2,1H3;1-2H3;1H4. The first kappa shape index (κ1) is 26.4. The van der Waals surface area contributed by atoms with E-state index in [1.165, 1.54) is 30.4 Å². The van der Waals surface area contributed by atoms with Crippen molar-refractivity contribution in [3.05, 3.63) is 65.7 Å². The Labute approximate surface area is 163 Å². The van der Waals surface area contributed by atoms with Crippen molar-refractivity contribution in [2.24, 2.45) is 11.7 Å². The molecule has 2 unspecified atom stereocenters. The van der Waals surface area contributed by atoms with E-state index in [1.54, 1.807) is 0 Å². The van der Waals surface area contributed by atoms with Gasteiger partial charge >= 0.3 is 0 Å². The molecule has 0 aliphatic carbocycles. The summed E-state index contributed by atoms with van der Waals surface area (Å²) in [5.74, 6) is 0.831. The normalized spacial score (nSPS) is 11.6. The zero-order valence-corrected chi connectivity index (χ0v) is 16.8. The molecule has 26 heavy (non-hydrogen) atoms. The molecule has 0 aliphatic heterocycles. The number of hydrogen-bond acceptors (Lipinski definition) is 2. The van der Waals surface area contributed by atoms with Gasteiger partial charge in [0.15, 0.2) is 0 Å². The van der Waals surface area contributed by atoms with Crippen LogP contribution in [0.2, 0.25) is 0 Å². The average molecular weight is 359 g/mol. The molecule has 2 heteroatoms. The van der Waals surface area contributed by atoms with Crippen molar-refractivity contribution in [3.63, 3.8) is 0 Å². The Bertz CT molecular complexity index is 520. The zero-order chi connectivity index (χ0) is 19.1. The van der Waals surface area contributed by atoms with Gasteiger partial charge in [-0.2, -0.15) is 0 Å². The summed E-state index contributed by atoms with van der Waals surface area (Å²) in [5, 5.41) is 0. The lowest BCUT2D eigenvalue weighted by molar-refractivity contribution is 0.516. The van der Waals surface area contributed by atoms with Crippen LogP contribution in [0.5, 0.6) is 0 Å². The second-order valence-electron chi connectivity index (χ2n) is 6.22. The third kappa shape index (κ3) is 11.7. The predicted octanol–water partition coefficient (Wildman–Crippen LogP) is 7.01. The topological polar surface area (TPSA) is 52.0 Å². The number of nitrogens with two attached hydrogens (primary N) is 2. The molecule has 2 rings (SSSR count). The van der Waals surface area contributed by atoms with Crippen LogP contribution in [0.3, 0.4) is 0 Å². The molecule has 4 N–H and O–H groups in total. The Kier molecular flexibility index (Phi) is 16.9. The lowest BCUT2D eigenvalue weighted by Gasteiger charge is -2.07. The van der Waals surface area contributed by atoms with Gasteiger partial charge < -0.3 is 11.5 Å². The van der Waals surface area contributed by atoms with Crippen LogP contribution in [-0.4, -0.2) is 0 Å². The maximum absolute atomic E-state index is 5.79. The molecule has 0 aliphatic rings. The highest BCUT2D eigenvalue weighted by Gasteiger charge is 2.00. The third-order valence-electron chi connectivity index (χ3n) is 4.27. The highest BCUT2D eigenvalue weighted by atomic mass is 14.6. The van der Waals surface area contributed by atoms with E-state index in [0.29, 0.717) is 0 Å². The van der Waals surface area contributed by atoms with Gasteiger partial charge in [0.2, 0.25) is 0 Å². The van der Waals surface area contributed by atoms with Crippen LogP contribution >= 0.6 is 0 Å². The van der Waals surface area contributed by atoms with Gasteiger partial charge in [0, 0.05) is 11.7 Å². The lowest BCUT2D eigenvalue weighted by atomic mass is 9.99. The van der Waals surface area contributed by atoms with Crippen molar-refractivity contribution in [2.75, 3.05) is 5.73 Å². The fourth-order valence-corrected chi connectivity index (χ4v) is 2.24. The fraction of sp³-hybridized carbons (Fsp3) is 0.500. The van der Waals surface area contributed by atoms with Crippen LogP contribution < -0.4 is 11.5 Å². The lowest BCUT2D eigenvalue weighted by Crippen LogP contribution is -2.07. The summed E-state index contributed by atoms with van der Waals surface area (Å²) in [4.78, 5) is 0. The number of rotatable bonds is 6. The van der Waals surface area contributed by atoms with Gasteiger partial charge in [0.25, 0.3) is 0 Å². The van der Waals surface area contributed by atoms with E-state index in [2.05, 4.69) is 45.0 Å². The minimum absolute atomic E-state index is 0. The minimum Gasteiger partial charge on any atom is -0.399 e. The average Bonchev–Trinajstić information content (AvgIpc) is 2.69. The number of nitrogen functional groups attached to an aromatic ring is 1. The van der Waals surface area contributed by atoms with Gasteiger partial charge in [0.1, 0.15) is 0 Å². The van der Waals surface area contributed by atoms with Crippen LogP contribution in [0.15, 0.2) is 54.6 Å². The molecule has 0 saturated heterocycles. The van der Waals surface area contributed by atoms with Gasteiger partial charge in [-0.15, -0.1) is 0 Å². The molecule has 2 nitrogen and oxygen atoms in total. The molecule has 2 aromatic carbocycles. The minimum atomic E-state index is 0. The molecule has 0 saturated carbocycles. The van der Waals surface area contributed by atoms with E-state index in [0.717, 1.165) is 18.0 Å². The first-order valence-corrected chi connectivity index (χ1v) is 9.71. The predicted molar refractivity (Wildman–Crippen MR) is 120 cm³/mol. The van der Waals surface area contributed by atoms with E-state index in [4.69, 9.17) is 11.5 Å². The maximum atomic E-state index is 5.79. The SMILES string of the molecule is C.CC.CCC(C)CCc1ccc(N)cc1.CCC(N)c1ccccc1. The van der Waals surface area contributed by atoms with Crippen molar-refractivity contribution in [3.8, 4) is 0 Å². The van der Waals surface area contributed by atoms with Crippen LogP contribution in [-0.2, 0) is 6.42 Å². The van der Waals surface area contributed by atoms with Crippen molar-refractivity contribution in [1.82, 2.24) is 0 Å². The van der Waals surface area contributed by atoms with Gasteiger partial charge in [-0.05, 0) is 48.4 Å². The Balaban J connectivity index is 0. The highest BCUT2D eigenvalue weighted by molar-refractivity contribution is 5.39. The summed E-state index contributed by atoms with van der Waals surface area (Å²) in [6.07, 6.45) is 4.73. The van der Waals surface area contributed by atoms with Crippen molar-refractivity contribution < 1.29 is 0 Å². The van der Waals surface area contributed by atoms with E-state index in [-0.39, 0.29) is 13.5 Å². The molecule has 2 atom stereocenters. The summed E-state index contributed by atoms with van der Waals surface area (Å²) in [6.45, 7) is 10.6. The van der Waals surface area contributed by atoms with E-state index < -0.39 is 0 Å². The fourth-order valence-electron chi connectivity index (χ4n) is 2.24. The number of aryl methyl sites for hydroxylation is 1. The molecule has 148 valence electrons. The third-order valence-corrected chi connectivity index (χ3v) is 4.27. The van der Waals surface area contributed by atoms with Crippen LogP contribution in [0.25, 0.3) is 0 Å². The molecule has 0 radical (unpaired) electrons. The van der Waals surface area contributed by atoms with Crippen molar-refractivity contribution in [1.29, 1.82) is 0 Å². The molecule has 0 amide bonds. The summed E-state index contributed by atoms with van der Waals surface area (Å²) < 4.78 is 0. The molecule has 0 aromatic heterocycles. The Morgan fingerprint density at radius 1 is 0.846 bits per heavy atom. The molecule has 0 heterocycles. The van der Waals surface area contributed by atoms with E-state index >= 15 is 0 Å². The monoisotopic (exact) mass is 358 g/mol. The second kappa shape index (κ2) is 16.7. The van der Waals surface area contributed by atoms with Gasteiger partial charge in [0.05, 0.1) is 0 Å². The summed E-state index contributed by atoms with van der Waals surface area (Å²) in [6, 6.07) is 18.6. The van der Waals surface area contributed by atoms with Crippen LogP contribution in [0.1, 0.15) is 78.5 Å². The van der Waals surface area contributed by atoms with E-state index in [1.807, 2.05) is 44.2 Å². The highest BCUT2D eigenvalue weighted by Crippen LogP contribution is 2.13. The molecule has 2 aromatic rings.